The Morgan fingerprint density at radius 3 is 1.75 bits per heavy atom. The van der Waals surface area contributed by atoms with Crippen molar-refractivity contribution in [3.63, 3.8) is 0 Å². The Bertz CT molecular complexity index is 457. The van der Waals surface area contributed by atoms with E-state index < -0.39 is 0 Å². The third-order valence-corrected chi connectivity index (χ3v) is 3.65. The highest BCUT2D eigenvalue weighted by Gasteiger charge is 2.12. The fourth-order valence-electron chi connectivity index (χ4n) is 2.56. The topological polar surface area (TPSA) is 0 Å². The molecule has 0 aromatic heterocycles. The zero-order chi connectivity index (χ0) is 14.0. The van der Waals surface area contributed by atoms with Crippen LogP contribution < -0.4 is 0 Å². The molecular weight excluding hydrogens is 240 g/mol. The Morgan fingerprint density at radius 2 is 1.25 bits per heavy atom. The minimum Gasteiger partial charge on any atom is -0.0885 e. The maximum Gasteiger partial charge on any atom is 0.00922 e. The van der Waals surface area contributed by atoms with Crippen molar-refractivity contribution in [1.82, 2.24) is 0 Å². The molecule has 0 radical (unpaired) electrons. The number of hydrogen-bond donors (Lipinski definition) is 0. The second-order valence-electron chi connectivity index (χ2n) is 5.21. The Labute approximate surface area is 123 Å². The van der Waals surface area contributed by atoms with E-state index in [1.165, 1.54) is 30.4 Å². The van der Waals surface area contributed by atoms with Gasteiger partial charge in [0.15, 0.2) is 0 Å². The van der Waals surface area contributed by atoms with Gasteiger partial charge in [0, 0.05) is 5.92 Å². The van der Waals surface area contributed by atoms with Crippen LogP contribution in [-0.2, 0) is 0 Å². The fraction of sp³-hybridized carbons (Fsp3) is 0.300. The molecule has 20 heavy (non-hydrogen) atoms. The van der Waals surface area contributed by atoms with E-state index in [9.17, 15) is 0 Å². The fourth-order valence-corrected chi connectivity index (χ4v) is 2.56. The van der Waals surface area contributed by atoms with Gasteiger partial charge in [-0.2, -0.15) is 0 Å². The molecule has 0 bridgehead atoms. The number of rotatable bonds is 7. The van der Waals surface area contributed by atoms with Crippen LogP contribution in [0.2, 0.25) is 0 Å². The molecule has 104 valence electrons. The number of allylic oxidation sites excluding steroid dienone is 2. The monoisotopic (exact) mass is 264 g/mol. The third kappa shape index (κ3) is 4.38. The molecule has 2 rings (SSSR count). The summed E-state index contributed by atoms with van der Waals surface area (Å²) in [5, 5.41) is 0. The van der Waals surface area contributed by atoms with Crippen LogP contribution in [0.4, 0.5) is 0 Å². The molecule has 0 spiro atoms. The summed E-state index contributed by atoms with van der Waals surface area (Å²) in [6.07, 6.45) is 9.40. The van der Waals surface area contributed by atoms with Gasteiger partial charge in [0.25, 0.3) is 0 Å². The van der Waals surface area contributed by atoms with E-state index in [4.69, 9.17) is 0 Å². The minimum absolute atomic E-state index is 0.503. The second-order valence-corrected chi connectivity index (χ2v) is 5.21. The molecule has 0 fully saturated rings. The molecule has 0 atom stereocenters. The van der Waals surface area contributed by atoms with Crippen LogP contribution in [0.3, 0.4) is 0 Å². The molecule has 0 nitrogen and oxygen atoms in total. The number of hydrogen-bond acceptors (Lipinski definition) is 0. The van der Waals surface area contributed by atoms with E-state index in [0.717, 1.165) is 6.42 Å². The standard InChI is InChI=1S/C20H24/c1-2-3-4-5-12-17-20(18-13-8-6-9-14-18)19-15-10-7-11-16-19/h4-11,13-16,20H,2-3,12,17H2,1H3/b5-4+. The average Bonchev–Trinajstić information content (AvgIpc) is 2.53. The Kier molecular flexibility index (Phi) is 6.10. The zero-order valence-electron chi connectivity index (χ0n) is 12.3. The van der Waals surface area contributed by atoms with Crippen molar-refractivity contribution in [2.45, 2.75) is 38.5 Å². The van der Waals surface area contributed by atoms with Crippen molar-refractivity contribution < 1.29 is 0 Å². The summed E-state index contributed by atoms with van der Waals surface area (Å²) < 4.78 is 0. The Morgan fingerprint density at radius 1 is 0.750 bits per heavy atom. The molecule has 0 unspecified atom stereocenters. The van der Waals surface area contributed by atoms with Crippen LogP contribution in [0.1, 0.15) is 49.7 Å². The van der Waals surface area contributed by atoms with Crippen LogP contribution in [0.25, 0.3) is 0 Å². The average molecular weight is 264 g/mol. The van der Waals surface area contributed by atoms with E-state index in [0.29, 0.717) is 5.92 Å². The van der Waals surface area contributed by atoms with Crippen LogP contribution in [0, 0.1) is 0 Å². The lowest BCUT2D eigenvalue weighted by molar-refractivity contribution is 0.726. The summed E-state index contributed by atoms with van der Waals surface area (Å²) in [5.41, 5.74) is 2.84. The summed E-state index contributed by atoms with van der Waals surface area (Å²) in [5.74, 6) is 0.503. The van der Waals surface area contributed by atoms with E-state index in [2.05, 4.69) is 79.7 Å². The summed E-state index contributed by atoms with van der Waals surface area (Å²) in [4.78, 5) is 0. The molecule has 0 saturated heterocycles. The lowest BCUT2D eigenvalue weighted by Crippen LogP contribution is -2.00. The van der Waals surface area contributed by atoms with Crippen molar-refractivity contribution in [2.24, 2.45) is 0 Å². The molecular formula is C20H24. The quantitative estimate of drug-likeness (QED) is 0.542. The smallest absolute Gasteiger partial charge is 0.00922 e. The lowest BCUT2D eigenvalue weighted by Gasteiger charge is -2.17. The number of benzene rings is 2. The molecule has 0 saturated carbocycles. The maximum atomic E-state index is 2.34. The molecule has 2 aromatic carbocycles. The minimum atomic E-state index is 0.503. The third-order valence-electron chi connectivity index (χ3n) is 3.65. The first kappa shape index (κ1) is 14.6. The van der Waals surface area contributed by atoms with Crippen molar-refractivity contribution >= 4 is 0 Å². The molecule has 0 amide bonds. The van der Waals surface area contributed by atoms with Gasteiger partial charge in [-0.25, -0.2) is 0 Å². The van der Waals surface area contributed by atoms with Crippen LogP contribution in [-0.4, -0.2) is 0 Å². The van der Waals surface area contributed by atoms with E-state index >= 15 is 0 Å². The van der Waals surface area contributed by atoms with Crippen molar-refractivity contribution in [2.75, 3.05) is 0 Å². The second kappa shape index (κ2) is 8.37. The highest BCUT2D eigenvalue weighted by molar-refractivity contribution is 5.32. The predicted molar refractivity (Wildman–Crippen MR) is 88.0 cm³/mol. The first-order valence-electron chi connectivity index (χ1n) is 7.66. The molecule has 0 heterocycles. The van der Waals surface area contributed by atoms with Gasteiger partial charge >= 0.3 is 0 Å². The molecule has 0 aliphatic heterocycles. The summed E-state index contributed by atoms with van der Waals surface area (Å²) in [7, 11) is 0. The number of unbranched alkanes of at least 4 members (excludes halogenated alkanes) is 1. The highest BCUT2D eigenvalue weighted by atomic mass is 14.2. The van der Waals surface area contributed by atoms with Crippen molar-refractivity contribution in [1.29, 1.82) is 0 Å². The first-order valence-corrected chi connectivity index (χ1v) is 7.66. The summed E-state index contributed by atoms with van der Waals surface area (Å²) in [6, 6.07) is 21.7. The van der Waals surface area contributed by atoms with Gasteiger partial charge in [-0.05, 0) is 30.4 Å². The van der Waals surface area contributed by atoms with Crippen molar-refractivity contribution in [3.05, 3.63) is 83.9 Å². The summed E-state index contributed by atoms with van der Waals surface area (Å²) >= 11 is 0. The van der Waals surface area contributed by atoms with Crippen LogP contribution in [0.5, 0.6) is 0 Å². The van der Waals surface area contributed by atoms with Gasteiger partial charge in [0.1, 0.15) is 0 Å². The maximum absolute atomic E-state index is 2.34. The highest BCUT2D eigenvalue weighted by Crippen LogP contribution is 2.29. The van der Waals surface area contributed by atoms with E-state index in [-0.39, 0.29) is 0 Å². The van der Waals surface area contributed by atoms with Gasteiger partial charge in [-0.15, -0.1) is 0 Å². The largest absolute Gasteiger partial charge is 0.0885 e. The first-order chi connectivity index (χ1) is 9.92. The van der Waals surface area contributed by atoms with Crippen LogP contribution >= 0.6 is 0 Å². The Hall–Kier alpha value is -1.82. The lowest BCUT2D eigenvalue weighted by atomic mass is 9.87. The molecule has 0 aliphatic carbocycles. The SMILES string of the molecule is CCC/C=C/CCC(c1ccccc1)c1ccccc1. The van der Waals surface area contributed by atoms with E-state index in [1.807, 2.05) is 0 Å². The van der Waals surface area contributed by atoms with Gasteiger partial charge in [-0.3, -0.25) is 0 Å². The van der Waals surface area contributed by atoms with Gasteiger partial charge in [-0.1, -0.05) is 86.2 Å². The summed E-state index contributed by atoms with van der Waals surface area (Å²) in [6.45, 7) is 2.22. The van der Waals surface area contributed by atoms with Gasteiger partial charge in [0.05, 0.1) is 0 Å². The zero-order valence-corrected chi connectivity index (χ0v) is 12.3. The normalized spacial score (nSPS) is 11.3. The Balaban J connectivity index is 2.09. The van der Waals surface area contributed by atoms with Crippen molar-refractivity contribution in [3.8, 4) is 0 Å². The van der Waals surface area contributed by atoms with Gasteiger partial charge < -0.3 is 0 Å². The molecule has 0 aliphatic rings. The molecule has 2 aromatic rings. The van der Waals surface area contributed by atoms with Gasteiger partial charge in [0.2, 0.25) is 0 Å². The molecule has 0 N–H and O–H groups in total. The predicted octanol–water partition coefficient (Wildman–Crippen LogP) is 5.96. The van der Waals surface area contributed by atoms with Crippen LogP contribution in [0.15, 0.2) is 72.8 Å². The molecule has 0 heteroatoms. The van der Waals surface area contributed by atoms with E-state index in [1.54, 1.807) is 0 Å².